The molecule has 0 spiro atoms. The third-order valence-corrected chi connectivity index (χ3v) is 2.40. The summed E-state index contributed by atoms with van der Waals surface area (Å²) in [5.41, 5.74) is 0. The highest BCUT2D eigenvalue weighted by atomic mass is 79.9. The Bertz CT molecular complexity index is 504. The second-order valence-corrected chi connectivity index (χ2v) is 4.21. The smallest absolute Gasteiger partial charge is 0.241 e. The third-order valence-electron chi connectivity index (χ3n) is 1.68. The summed E-state index contributed by atoms with van der Waals surface area (Å²) in [6.45, 7) is 0. The van der Waals surface area contributed by atoms with Crippen LogP contribution >= 0.6 is 27.5 Å². The number of benzene rings is 1. The number of hydrogen-bond donors (Lipinski definition) is 0. The second-order valence-electron chi connectivity index (χ2n) is 2.88. The molecule has 0 amide bonds. The maximum atomic E-state index is 13.1. The Morgan fingerprint density at radius 1 is 1.31 bits per heavy atom. The second kappa shape index (κ2) is 4.76. The van der Waals surface area contributed by atoms with Crippen molar-refractivity contribution in [2.75, 3.05) is 0 Å². The van der Waals surface area contributed by atoms with Gasteiger partial charge in [0.05, 0.1) is 6.20 Å². The maximum Gasteiger partial charge on any atom is 0.241 e. The molecule has 82 valence electrons. The summed E-state index contributed by atoms with van der Waals surface area (Å²) in [7, 11) is 0. The van der Waals surface area contributed by atoms with Gasteiger partial charge in [0.15, 0.2) is 0 Å². The number of aromatic nitrogens is 2. The van der Waals surface area contributed by atoms with Gasteiger partial charge in [-0.25, -0.2) is 14.4 Å². The van der Waals surface area contributed by atoms with Crippen LogP contribution in [-0.4, -0.2) is 9.97 Å². The minimum Gasteiger partial charge on any atom is -0.437 e. The van der Waals surface area contributed by atoms with E-state index in [9.17, 15) is 4.39 Å². The summed E-state index contributed by atoms with van der Waals surface area (Å²) in [6, 6.07) is 4.18. The van der Waals surface area contributed by atoms with Crippen molar-refractivity contribution in [1.82, 2.24) is 9.97 Å². The van der Waals surface area contributed by atoms with Gasteiger partial charge >= 0.3 is 0 Å². The van der Waals surface area contributed by atoms with Crippen molar-refractivity contribution in [3.05, 3.63) is 46.0 Å². The van der Waals surface area contributed by atoms with E-state index in [0.29, 0.717) is 10.2 Å². The zero-order chi connectivity index (χ0) is 11.5. The van der Waals surface area contributed by atoms with E-state index in [1.54, 1.807) is 6.07 Å². The van der Waals surface area contributed by atoms with Crippen molar-refractivity contribution in [2.24, 2.45) is 0 Å². The Kier molecular flexibility index (Phi) is 3.36. The van der Waals surface area contributed by atoms with Crippen LogP contribution in [-0.2, 0) is 0 Å². The number of ether oxygens (including phenoxy) is 1. The Morgan fingerprint density at radius 2 is 2.12 bits per heavy atom. The van der Waals surface area contributed by atoms with Gasteiger partial charge in [-0.15, -0.1) is 0 Å². The van der Waals surface area contributed by atoms with Crippen LogP contribution in [0.25, 0.3) is 0 Å². The van der Waals surface area contributed by atoms with Crippen molar-refractivity contribution in [2.45, 2.75) is 0 Å². The molecule has 6 heteroatoms. The predicted octanol–water partition coefficient (Wildman–Crippen LogP) is 3.82. The molecular weight excluding hydrogens is 298 g/mol. The summed E-state index contributed by atoms with van der Waals surface area (Å²) in [6.07, 6.45) is 2.70. The van der Waals surface area contributed by atoms with E-state index in [1.165, 1.54) is 24.7 Å². The Morgan fingerprint density at radius 3 is 2.81 bits per heavy atom. The molecule has 0 fully saturated rings. The van der Waals surface area contributed by atoms with Gasteiger partial charge in [0.1, 0.15) is 22.9 Å². The first kappa shape index (κ1) is 11.3. The highest BCUT2D eigenvalue weighted by Crippen LogP contribution is 2.28. The molecule has 1 aromatic carbocycles. The van der Waals surface area contributed by atoms with Crippen LogP contribution in [0, 0.1) is 5.82 Å². The molecule has 0 aliphatic carbocycles. The summed E-state index contributed by atoms with van der Waals surface area (Å²) in [5.74, 6) is 0.0937. The average molecular weight is 304 g/mol. The molecule has 0 saturated carbocycles. The fourth-order valence-corrected chi connectivity index (χ4v) is 1.66. The Hall–Kier alpha value is -1.20. The summed E-state index contributed by atoms with van der Waals surface area (Å²) < 4.78 is 18.9. The van der Waals surface area contributed by atoms with Crippen LogP contribution in [0.3, 0.4) is 0 Å². The van der Waals surface area contributed by atoms with E-state index < -0.39 is 5.82 Å². The predicted molar refractivity (Wildman–Crippen MR) is 61.2 cm³/mol. The van der Waals surface area contributed by atoms with Gasteiger partial charge in [-0.05, 0) is 12.1 Å². The van der Waals surface area contributed by atoms with Crippen LogP contribution in [0.4, 0.5) is 4.39 Å². The van der Waals surface area contributed by atoms with Crippen LogP contribution in [0.2, 0.25) is 5.02 Å². The van der Waals surface area contributed by atoms with Crippen LogP contribution in [0.1, 0.15) is 0 Å². The van der Waals surface area contributed by atoms with Gasteiger partial charge in [0.2, 0.25) is 5.88 Å². The molecule has 2 rings (SSSR count). The molecule has 0 radical (unpaired) electrons. The minimum absolute atomic E-state index is 0.189. The van der Waals surface area contributed by atoms with Crippen molar-refractivity contribution < 1.29 is 9.13 Å². The monoisotopic (exact) mass is 302 g/mol. The lowest BCUT2D eigenvalue weighted by Crippen LogP contribution is -1.90. The van der Waals surface area contributed by atoms with Gasteiger partial charge in [-0.3, -0.25) is 0 Å². The van der Waals surface area contributed by atoms with Crippen molar-refractivity contribution >= 4 is 27.5 Å². The highest BCUT2D eigenvalue weighted by Gasteiger charge is 2.06. The normalized spacial score (nSPS) is 10.2. The number of nitrogens with zero attached hydrogens (tertiary/aromatic N) is 2. The topological polar surface area (TPSA) is 35.0 Å². The Balaban J connectivity index is 2.30. The summed E-state index contributed by atoms with van der Waals surface area (Å²) in [5, 5.41) is 0.267. The molecular formula is C10H5BrClFN2O. The van der Waals surface area contributed by atoms with Crippen molar-refractivity contribution in [1.29, 1.82) is 0 Å². The van der Waals surface area contributed by atoms with Crippen molar-refractivity contribution in [3.63, 3.8) is 0 Å². The SMILES string of the molecule is Fc1cc(Br)cc(Oc2ncncc2Cl)c1. The van der Waals surface area contributed by atoms with E-state index in [0.717, 1.165) is 0 Å². The number of rotatable bonds is 2. The fourth-order valence-electron chi connectivity index (χ4n) is 1.08. The van der Waals surface area contributed by atoms with Crippen LogP contribution < -0.4 is 4.74 Å². The highest BCUT2D eigenvalue weighted by molar-refractivity contribution is 9.10. The molecule has 1 heterocycles. The molecule has 0 unspecified atom stereocenters. The molecule has 0 saturated heterocycles. The lowest BCUT2D eigenvalue weighted by molar-refractivity contribution is 0.456. The largest absolute Gasteiger partial charge is 0.437 e. The zero-order valence-corrected chi connectivity index (χ0v) is 10.2. The molecule has 0 bridgehead atoms. The lowest BCUT2D eigenvalue weighted by atomic mass is 10.3. The first-order valence-corrected chi connectivity index (χ1v) is 5.42. The summed E-state index contributed by atoms with van der Waals surface area (Å²) >= 11 is 8.96. The van der Waals surface area contributed by atoms with E-state index in [-0.39, 0.29) is 10.9 Å². The standard InChI is InChI=1S/C10H5BrClFN2O/c11-6-1-7(13)3-8(2-6)16-10-9(12)4-14-5-15-10/h1-5H. The molecule has 0 N–H and O–H groups in total. The van der Waals surface area contributed by atoms with Crippen molar-refractivity contribution in [3.8, 4) is 11.6 Å². The van der Waals surface area contributed by atoms with Gasteiger partial charge in [0, 0.05) is 10.5 Å². The van der Waals surface area contributed by atoms with E-state index in [1.807, 2.05) is 0 Å². The minimum atomic E-state index is -0.408. The van der Waals surface area contributed by atoms with E-state index in [2.05, 4.69) is 25.9 Å². The van der Waals surface area contributed by atoms with Gasteiger partial charge < -0.3 is 4.74 Å². The van der Waals surface area contributed by atoms with E-state index in [4.69, 9.17) is 16.3 Å². The van der Waals surface area contributed by atoms with E-state index >= 15 is 0 Å². The first-order chi connectivity index (χ1) is 7.65. The molecule has 0 atom stereocenters. The van der Waals surface area contributed by atoms with Crippen LogP contribution in [0.5, 0.6) is 11.6 Å². The number of halogens is 3. The molecule has 2 aromatic rings. The zero-order valence-electron chi connectivity index (χ0n) is 7.82. The fraction of sp³-hybridized carbons (Fsp3) is 0. The molecule has 0 aliphatic heterocycles. The molecule has 0 aliphatic rings. The van der Waals surface area contributed by atoms with Gasteiger partial charge in [-0.1, -0.05) is 27.5 Å². The summed E-state index contributed by atoms with van der Waals surface area (Å²) in [4.78, 5) is 7.55. The first-order valence-electron chi connectivity index (χ1n) is 4.24. The van der Waals surface area contributed by atoms with Crippen LogP contribution in [0.15, 0.2) is 35.2 Å². The third kappa shape index (κ3) is 2.68. The maximum absolute atomic E-state index is 13.1. The quantitative estimate of drug-likeness (QED) is 0.846. The molecule has 16 heavy (non-hydrogen) atoms. The number of hydrogen-bond acceptors (Lipinski definition) is 3. The Labute approximate surface area is 104 Å². The molecule has 1 aromatic heterocycles. The average Bonchev–Trinajstić information content (AvgIpc) is 2.20. The van der Waals surface area contributed by atoms with Gasteiger partial charge in [-0.2, -0.15) is 0 Å². The molecule has 3 nitrogen and oxygen atoms in total. The lowest BCUT2D eigenvalue weighted by Gasteiger charge is -2.05. The van der Waals surface area contributed by atoms with Gasteiger partial charge in [0.25, 0.3) is 0 Å².